The van der Waals surface area contributed by atoms with Crippen LogP contribution in [0.1, 0.15) is 27.2 Å². The number of rotatable bonds is 4. The lowest BCUT2D eigenvalue weighted by molar-refractivity contribution is 0.540. The number of para-hydroxylation sites is 1. The molecule has 0 spiro atoms. The Morgan fingerprint density at radius 1 is 1.08 bits per heavy atom. The lowest BCUT2D eigenvalue weighted by Crippen LogP contribution is -2.17. The maximum Gasteiger partial charge on any atom is 0.0342 e. The summed E-state index contributed by atoms with van der Waals surface area (Å²) in [5.74, 6) is 0.756. The average molecular weight is 177 g/mol. The van der Waals surface area contributed by atoms with Gasteiger partial charge in [0, 0.05) is 11.7 Å². The van der Waals surface area contributed by atoms with Gasteiger partial charge in [0.1, 0.15) is 0 Å². The molecule has 1 aromatic rings. The molecule has 0 heterocycles. The molecule has 0 aliphatic heterocycles. The van der Waals surface area contributed by atoms with Gasteiger partial charge >= 0.3 is 0 Å². The fourth-order valence-electron chi connectivity index (χ4n) is 1.58. The molecule has 0 unspecified atom stereocenters. The normalized spacial score (nSPS) is 12.9. The molecule has 1 heteroatoms. The molecule has 0 aromatic heterocycles. The Morgan fingerprint density at radius 3 is 2.23 bits per heavy atom. The van der Waals surface area contributed by atoms with Gasteiger partial charge in [-0.15, -0.1) is 0 Å². The fourth-order valence-corrected chi connectivity index (χ4v) is 1.58. The van der Waals surface area contributed by atoms with E-state index >= 15 is 0 Å². The summed E-state index contributed by atoms with van der Waals surface area (Å²) in [6.45, 7) is 6.74. The van der Waals surface area contributed by atoms with Crippen molar-refractivity contribution in [1.29, 1.82) is 0 Å². The van der Waals surface area contributed by atoms with Crippen molar-refractivity contribution in [3.05, 3.63) is 30.3 Å². The summed E-state index contributed by atoms with van der Waals surface area (Å²) in [5.41, 5.74) is 1.22. The lowest BCUT2D eigenvalue weighted by Gasteiger charge is -2.16. The molecule has 1 rings (SSSR count). The Bertz CT molecular complexity index is 228. The number of nitrogens with one attached hydrogen (secondary N) is 1. The molecule has 13 heavy (non-hydrogen) atoms. The molecule has 0 bridgehead atoms. The van der Waals surface area contributed by atoms with E-state index in [4.69, 9.17) is 0 Å². The molecule has 1 aromatic carbocycles. The van der Waals surface area contributed by atoms with Crippen LogP contribution in [0.25, 0.3) is 0 Å². The predicted octanol–water partition coefficient (Wildman–Crippen LogP) is 3.53. The highest BCUT2D eigenvalue weighted by Gasteiger charge is 2.03. The molecule has 0 aliphatic carbocycles. The van der Waals surface area contributed by atoms with E-state index in [1.54, 1.807) is 0 Å². The van der Waals surface area contributed by atoms with Gasteiger partial charge in [0.2, 0.25) is 0 Å². The van der Waals surface area contributed by atoms with Crippen LogP contribution in [0.15, 0.2) is 30.3 Å². The minimum absolute atomic E-state index is 0.558. The van der Waals surface area contributed by atoms with Gasteiger partial charge in [0.15, 0.2) is 0 Å². The van der Waals surface area contributed by atoms with Crippen molar-refractivity contribution in [2.45, 2.75) is 33.2 Å². The van der Waals surface area contributed by atoms with Crippen LogP contribution in [-0.4, -0.2) is 6.04 Å². The largest absolute Gasteiger partial charge is 0.383 e. The second-order valence-corrected chi connectivity index (χ2v) is 4.04. The van der Waals surface area contributed by atoms with Crippen molar-refractivity contribution >= 4 is 5.69 Å². The summed E-state index contributed by atoms with van der Waals surface area (Å²) in [4.78, 5) is 0. The second-order valence-electron chi connectivity index (χ2n) is 4.04. The first kappa shape index (κ1) is 10.1. The highest BCUT2D eigenvalue weighted by atomic mass is 14.9. The average Bonchev–Trinajstić information content (AvgIpc) is 2.04. The van der Waals surface area contributed by atoms with E-state index in [2.05, 4.69) is 50.4 Å². The molecular weight excluding hydrogens is 158 g/mol. The fraction of sp³-hybridized carbons (Fsp3) is 0.500. The minimum atomic E-state index is 0.558. The summed E-state index contributed by atoms with van der Waals surface area (Å²) >= 11 is 0. The summed E-state index contributed by atoms with van der Waals surface area (Å²) in [6.07, 6.45) is 1.22. The molecule has 0 radical (unpaired) electrons. The van der Waals surface area contributed by atoms with Gasteiger partial charge in [-0.05, 0) is 31.4 Å². The van der Waals surface area contributed by atoms with Crippen molar-refractivity contribution in [2.75, 3.05) is 5.32 Å². The Balaban J connectivity index is 2.41. The third-order valence-electron chi connectivity index (χ3n) is 2.01. The summed E-state index contributed by atoms with van der Waals surface area (Å²) in [5, 5.41) is 3.47. The van der Waals surface area contributed by atoms with Crippen LogP contribution < -0.4 is 5.32 Å². The standard InChI is InChI=1S/C12H19N/c1-10(2)9-11(3)13-12-7-5-4-6-8-12/h4-8,10-11,13H,9H2,1-3H3/t11-/m1/s1. The molecule has 0 fully saturated rings. The smallest absolute Gasteiger partial charge is 0.0342 e. The molecule has 1 atom stereocenters. The van der Waals surface area contributed by atoms with Crippen molar-refractivity contribution in [1.82, 2.24) is 0 Å². The Hall–Kier alpha value is -0.980. The van der Waals surface area contributed by atoms with Gasteiger partial charge in [-0.2, -0.15) is 0 Å². The van der Waals surface area contributed by atoms with Crippen molar-refractivity contribution in [2.24, 2.45) is 5.92 Å². The zero-order chi connectivity index (χ0) is 9.68. The zero-order valence-electron chi connectivity index (χ0n) is 8.75. The molecule has 0 aliphatic rings. The third-order valence-corrected chi connectivity index (χ3v) is 2.01. The van der Waals surface area contributed by atoms with Crippen LogP contribution in [0.3, 0.4) is 0 Å². The molecular formula is C12H19N. The van der Waals surface area contributed by atoms with E-state index in [-0.39, 0.29) is 0 Å². The molecule has 72 valence electrons. The summed E-state index contributed by atoms with van der Waals surface area (Å²) in [6, 6.07) is 10.9. The van der Waals surface area contributed by atoms with Gasteiger partial charge in [-0.1, -0.05) is 32.0 Å². The number of hydrogen-bond donors (Lipinski definition) is 1. The SMILES string of the molecule is CC(C)C[C@@H](C)Nc1ccccc1. The molecule has 1 N–H and O–H groups in total. The highest BCUT2D eigenvalue weighted by molar-refractivity contribution is 5.43. The quantitative estimate of drug-likeness (QED) is 0.741. The van der Waals surface area contributed by atoms with Crippen LogP contribution in [-0.2, 0) is 0 Å². The Morgan fingerprint density at radius 2 is 1.69 bits per heavy atom. The maximum absolute atomic E-state index is 3.47. The topological polar surface area (TPSA) is 12.0 Å². The van der Waals surface area contributed by atoms with Crippen LogP contribution in [0, 0.1) is 5.92 Å². The Kier molecular flexibility index (Phi) is 3.81. The van der Waals surface area contributed by atoms with Crippen molar-refractivity contribution < 1.29 is 0 Å². The van der Waals surface area contributed by atoms with Crippen molar-refractivity contribution in [3.8, 4) is 0 Å². The van der Waals surface area contributed by atoms with E-state index in [9.17, 15) is 0 Å². The maximum atomic E-state index is 3.47. The summed E-state index contributed by atoms with van der Waals surface area (Å²) in [7, 11) is 0. The number of hydrogen-bond acceptors (Lipinski definition) is 1. The first-order valence-corrected chi connectivity index (χ1v) is 5.00. The van der Waals surface area contributed by atoms with E-state index in [0.29, 0.717) is 6.04 Å². The van der Waals surface area contributed by atoms with Gasteiger partial charge in [0.25, 0.3) is 0 Å². The minimum Gasteiger partial charge on any atom is -0.383 e. The predicted molar refractivity (Wildman–Crippen MR) is 59.0 cm³/mol. The first-order chi connectivity index (χ1) is 6.18. The van der Waals surface area contributed by atoms with Crippen LogP contribution in [0.2, 0.25) is 0 Å². The van der Waals surface area contributed by atoms with Gasteiger partial charge in [0.05, 0.1) is 0 Å². The van der Waals surface area contributed by atoms with E-state index in [1.165, 1.54) is 12.1 Å². The second kappa shape index (κ2) is 4.90. The van der Waals surface area contributed by atoms with E-state index in [1.807, 2.05) is 6.07 Å². The van der Waals surface area contributed by atoms with Crippen molar-refractivity contribution in [3.63, 3.8) is 0 Å². The monoisotopic (exact) mass is 177 g/mol. The van der Waals surface area contributed by atoms with E-state index < -0.39 is 0 Å². The number of anilines is 1. The van der Waals surface area contributed by atoms with Crippen LogP contribution >= 0.6 is 0 Å². The summed E-state index contributed by atoms with van der Waals surface area (Å²) < 4.78 is 0. The third kappa shape index (κ3) is 3.97. The Labute approximate surface area is 81.2 Å². The lowest BCUT2D eigenvalue weighted by atomic mass is 10.1. The zero-order valence-corrected chi connectivity index (χ0v) is 8.75. The molecule has 0 saturated heterocycles. The highest BCUT2D eigenvalue weighted by Crippen LogP contribution is 2.11. The molecule has 1 nitrogen and oxygen atoms in total. The van der Waals surface area contributed by atoms with Gasteiger partial charge in [-0.3, -0.25) is 0 Å². The van der Waals surface area contributed by atoms with Gasteiger partial charge in [-0.25, -0.2) is 0 Å². The first-order valence-electron chi connectivity index (χ1n) is 5.00. The van der Waals surface area contributed by atoms with Crippen LogP contribution in [0.4, 0.5) is 5.69 Å². The molecule has 0 amide bonds. The van der Waals surface area contributed by atoms with E-state index in [0.717, 1.165) is 5.92 Å². The number of benzene rings is 1. The van der Waals surface area contributed by atoms with Gasteiger partial charge < -0.3 is 5.32 Å². The molecule has 0 saturated carbocycles. The van der Waals surface area contributed by atoms with Crippen LogP contribution in [0.5, 0.6) is 0 Å².